The maximum absolute atomic E-state index is 2.55. The molecule has 2 fully saturated rings. The Hall–Kier alpha value is -1.69. The van der Waals surface area contributed by atoms with Crippen LogP contribution in [0.1, 0.15) is 75.3 Å². The highest BCUT2D eigenvalue weighted by Crippen LogP contribution is 2.77. The molecule has 2 aliphatic carbocycles. The molecule has 36 heavy (non-hydrogen) atoms. The van der Waals surface area contributed by atoms with Crippen LogP contribution in [-0.4, -0.2) is 11.3 Å². The highest BCUT2D eigenvalue weighted by molar-refractivity contribution is 7.75. The second-order valence-electron chi connectivity index (χ2n) is 11.6. The lowest BCUT2D eigenvalue weighted by molar-refractivity contribution is -0.00000691. The fourth-order valence-corrected chi connectivity index (χ4v) is 14.5. The normalized spacial score (nSPS) is 20.3. The van der Waals surface area contributed by atoms with Crippen molar-refractivity contribution in [1.82, 2.24) is 0 Å². The van der Waals surface area contributed by atoms with Gasteiger partial charge in [-0.05, 0) is 95.2 Å². The minimum atomic E-state index is -1.21. The fraction of sp³-hybridized carbons (Fsp3) is 0.412. The monoisotopic (exact) mass is 556 g/mol. The lowest BCUT2D eigenvalue weighted by atomic mass is 9.88. The van der Waals surface area contributed by atoms with Crippen molar-refractivity contribution in [2.45, 2.75) is 87.9 Å². The van der Waals surface area contributed by atoms with E-state index in [0.29, 0.717) is 0 Å². The molecular formula is C34H38BrP. The summed E-state index contributed by atoms with van der Waals surface area (Å²) in [6, 6.07) is 28.3. The van der Waals surface area contributed by atoms with Crippen LogP contribution in [0.25, 0.3) is 32.7 Å². The molecule has 4 aromatic carbocycles. The first-order chi connectivity index (χ1) is 17.3. The smallest absolute Gasteiger partial charge is 0.0857 e. The molecule has 0 unspecified atom stereocenters. The van der Waals surface area contributed by atoms with Gasteiger partial charge in [-0.1, -0.05) is 85.6 Å². The van der Waals surface area contributed by atoms with Crippen molar-refractivity contribution in [2.75, 3.05) is 0 Å². The summed E-state index contributed by atoms with van der Waals surface area (Å²) in [7, 11) is -1.21. The molecule has 0 spiro atoms. The van der Waals surface area contributed by atoms with Gasteiger partial charge in [-0.15, -0.1) is 0 Å². The SMILES string of the molecule is [Br-].c1ccc2c3c(ccc2c1)C[P+](C1CCCCC1)(C1CCCCC1)Cc1ccc2ccccc2c1-3. The zero-order valence-corrected chi connectivity index (χ0v) is 23.9. The summed E-state index contributed by atoms with van der Waals surface area (Å²) in [6.45, 7) is 0. The first-order valence-corrected chi connectivity index (χ1v) is 16.5. The Morgan fingerprint density at radius 3 is 1.33 bits per heavy atom. The number of hydrogen-bond donors (Lipinski definition) is 0. The molecular weight excluding hydrogens is 519 g/mol. The van der Waals surface area contributed by atoms with Gasteiger partial charge in [0.25, 0.3) is 0 Å². The van der Waals surface area contributed by atoms with Gasteiger partial charge in [0, 0.05) is 7.26 Å². The molecule has 186 valence electrons. The van der Waals surface area contributed by atoms with E-state index >= 15 is 0 Å². The maximum Gasteiger partial charge on any atom is 0.0857 e. The van der Waals surface area contributed by atoms with E-state index in [-0.39, 0.29) is 17.0 Å². The van der Waals surface area contributed by atoms with Crippen LogP contribution < -0.4 is 17.0 Å². The second kappa shape index (κ2) is 10.2. The lowest BCUT2D eigenvalue weighted by Gasteiger charge is -2.43. The summed E-state index contributed by atoms with van der Waals surface area (Å²) in [5.74, 6) is 0. The Balaban J connectivity index is 0.00000240. The zero-order valence-electron chi connectivity index (χ0n) is 21.4. The van der Waals surface area contributed by atoms with Crippen molar-refractivity contribution in [2.24, 2.45) is 0 Å². The molecule has 0 radical (unpaired) electrons. The van der Waals surface area contributed by atoms with E-state index in [1.54, 1.807) is 22.3 Å². The van der Waals surface area contributed by atoms with Crippen LogP contribution in [0.15, 0.2) is 72.8 Å². The average Bonchev–Trinajstić information content (AvgIpc) is 3.10. The largest absolute Gasteiger partial charge is 1.00 e. The Kier molecular flexibility index (Phi) is 7.00. The molecule has 0 atom stereocenters. The number of halogens is 1. The predicted octanol–water partition coefficient (Wildman–Crippen LogP) is 7.36. The Morgan fingerprint density at radius 1 is 0.472 bits per heavy atom. The third kappa shape index (κ3) is 4.06. The van der Waals surface area contributed by atoms with Crippen molar-refractivity contribution >= 4 is 28.8 Å². The van der Waals surface area contributed by atoms with Crippen molar-refractivity contribution < 1.29 is 17.0 Å². The Morgan fingerprint density at radius 2 is 0.889 bits per heavy atom. The van der Waals surface area contributed by atoms with Crippen LogP contribution in [0.3, 0.4) is 0 Å². The fourth-order valence-electron chi connectivity index (χ4n) is 8.18. The quantitative estimate of drug-likeness (QED) is 0.226. The van der Waals surface area contributed by atoms with Crippen LogP contribution in [0.4, 0.5) is 0 Å². The highest BCUT2D eigenvalue weighted by atomic mass is 79.9. The minimum Gasteiger partial charge on any atom is -1.00 e. The van der Waals surface area contributed by atoms with Gasteiger partial charge in [0.2, 0.25) is 0 Å². The molecule has 4 aromatic rings. The van der Waals surface area contributed by atoms with Gasteiger partial charge in [0.15, 0.2) is 0 Å². The third-order valence-electron chi connectivity index (χ3n) is 9.81. The van der Waals surface area contributed by atoms with Gasteiger partial charge in [0.05, 0.1) is 23.6 Å². The van der Waals surface area contributed by atoms with E-state index in [4.69, 9.17) is 0 Å². The van der Waals surface area contributed by atoms with E-state index in [0.717, 1.165) is 11.3 Å². The predicted molar refractivity (Wildman–Crippen MR) is 155 cm³/mol. The topological polar surface area (TPSA) is 0 Å². The van der Waals surface area contributed by atoms with E-state index < -0.39 is 7.26 Å². The first kappa shape index (κ1) is 24.6. The number of hydrogen-bond acceptors (Lipinski definition) is 0. The van der Waals surface area contributed by atoms with Crippen molar-refractivity contribution in [3.8, 4) is 11.1 Å². The zero-order chi connectivity index (χ0) is 23.2. The molecule has 1 heterocycles. The first-order valence-electron chi connectivity index (χ1n) is 14.2. The van der Waals surface area contributed by atoms with Gasteiger partial charge in [-0.25, -0.2) is 0 Å². The molecule has 0 aromatic heterocycles. The van der Waals surface area contributed by atoms with E-state index in [9.17, 15) is 0 Å². The average molecular weight is 558 g/mol. The molecule has 7 rings (SSSR count). The van der Waals surface area contributed by atoms with E-state index in [1.165, 1.54) is 98.1 Å². The Labute approximate surface area is 228 Å². The van der Waals surface area contributed by atoms with Gasteiger partial charge in [-0.2, -0.15) is 0 Å². The van der Waals surface area contributed by atoms with Crippen molar-refractivity contribution in [3.05, 3.63) is 83.9 Å². The van der Waals surface area contributed by atoms with E-state index in [2.05, 4.69) is 72.8 Å². The van der Waals surface area contributed by atoms with Crippen LogP contribution in [0, 0.1) is 0 Å². The molecule has 0 saturated heterocycles. The summed E-state index contributed by atoms with van der Waals surface area (Å²) in [4.78, 5) is 0. The van der Waals surface area contributed by atoms with Gasteiger partial charge < -0.3 is 17.0 Å². The van der Waals surface area contributed by atoms with Crippen LogP contribution in [-0.2, 0) is 12.3 Å². The molecule has 0 amide bonds. The molecule has 0 N–H and O–H groups in total. The number of benzene rings is 4. The highest BCUT2D eigenvalue weighted by Gasteiger charge is 2.53. The number of rotatable bonds is 2. The molecule has 3 aliphatic rings. The van der Waals surface area contributed by atoms with Crippen LogP contribution >= 0.6 is 7.26 Å². The Bertz CT molecular complexity index is 1270. The molecule has 1 aliphatic heterocycles. The van der Waals surface area contributed by atoms with Crippen molar-refractivity contribution in [3.63, 3.8) is 0 Å². The van der Waals surface area contributed by atoms with Gasteiger partial charge in [-0.3, -0.25) is 0 Å². The van der Waals surface area contributed by atoms with Crippen molar-refractivity contribution in [1.29, 1.82) is 0 Å². The van der Waals surface area contributed by atoms with Crippen LogP contribution in [0.5, 0.6) is 0 Å². The molecule has 2 heteroatoms. The summed E-state index contributed by atoms with van der Waals surface area (Å²) in [5, 5.41) is 5.72. The molecule has 0 nitrogen and oxygen atoms in total. The molecule has 2 saturated carbocycles. The summed E-state index contributed by atoms with van der Waals surface area (Å²) < 4.78 is 0. The van der Waals surface area contributed by atoms with Gasteiger partial charge in [0.1, 0.15) is 0 Å². The summed E-state index contributed by atoms with van der Waals surface area (Å²) in [5.41, 5.74) is 8.45. The van der Waals surface area contributed by atoms with E-state index in [1.807, 2.05) is 0 Å². The molecule has 0 bridgehead atoms. The van der Waals surface area contributed by atoms with Crippen LogP contribution in [0.2, 0.25) is 0 Å². The minimum absolute atomic E-state index is 0. The second-order valence-corrected chi connectivity index (χ2v) is 15.9. The van der Waals surface area contributed by atoms with Gasteiger partial charge >= 0.3 is 0 Å². The number of fused-ring (bicyclic) bond motifs is 7. The summed E-state index contributed by atoms with van der Waals surface area (Å²) >= 11 is 0. The third-order valence-corrected chi connectivity index (χ3v) is 15.6. The standard InChI is InChI=1S/C34H38P.BrH/c1-3-13-29(14-4-1)35(30-15-5-2-6-16-30)23-27-21-19-25-11-7-9-17-31(25)33(27)34-28(24-35)22-20-26-12-8-10-18-32(26)34;/h7-12,17-22,29-30H,1-6,13-16,23-24H2;1H/q+1;/p-1. The summed E-state index contributed by atoms with van der Waals surface area (Å²) in [6.07, 6.45) is 17.5. The lowest BCUT2D eigenvalue weighted by Crippen LogP contribution is -3.00. The maximum atomic E-state index is 2.55.